The molecular formula is C12H15ClN2O3. The summed E-state index contributed by atoms with van der Waals surface area (Å²) in [6.45, 7) is 2.48. The van der Waals surface area contributed by atoms with Crippen molar-refractivity contribution in [3.05, 3.63) is 29.0 Å². The van der Waals surface area contributed by atoms with Gasteiger partial charge in [-0.3, -0.25) is 9.88 Å². The number of esters is 1. The Morgan fingerprint density at radius 1 is 1.72 bits per heavy atom. The highest BCUT2D eigenvalue weighted by Gasteiger charge is 2.27. The Balaban J connectivity index is 1.98. The Hall–Kier alpha value is -1.17. The number of pyridine rings is 1. The Bertz CT molecular complexity index is 428. The maximum absolute atomic E-state index is 11.4. The molecule has 1 saturated heterocycles. The predicted molar refractivity (Wildman–Crippen MR) is 66.3 cm³/mol. The summed E-state index contributed by atoms with van der Waals surface area (Å²) in [7, 11) is 1.37. The van der Waals surface area contributed by atoms with Crippen LogP contribution in [0, 0.1) is 0 Å². The first-order chi connectivity index (χ1) is 8.70. The van der Waals surface area contributed by atoms with Crippen LogP contribution in [0.3, 0.4) is 0 Å². The van der Waals surface area contributed by atoms with Crippen molar-refractivity contribution in [1.82, 2.24) is 9.88 Å². The van der Waals surface area contributed by atoms with Gasteiger partial charge in [0.15, 0.2) is 6.10 Å². The molecule has 1 unspecified atom stereocenters. The van der Waals surface area contributed by atoms with E-state index >= 15 is 0 Å². The van der Waals surface area contributed by atoms with Crippen molar-refractivity contribution in [2.75, 3.05) is 26.8 Å². The standard InChI is InChI=1S/C12H15ClN2O3/c1-17-12(16)11-8-15(4-5-18-11)7-9-2-3-14-6-10(9)13/h2-3,6,11H,4-5,7-8H2,1H3. The van der Waals surface area contributed by atoms with Crippen LogP contribution in [0.4, 0.5) is 0 Å². The van der Waals surface area contributed by atoms with Gasteiger partial charge in [-0.1, -0.05) is 11.6 Å². The van der Waals surface area contributed by atoms with Crippen molar-refractivity contribution in [3.8, 4) is 0 Å². The van der Waals surface area contributed by atoms with Crippen molar-refractivity contribution in [1.29, 1.82) is 0 Å². The number of aromatic nitrogens is 1. The van der Waals surface area contributed by atoms with Crippen LogP contribution in [-0.2, 0) is 20.8 Å². The maximum atomic E-state index is 11.4. The second kappa shape index (κ2) is 6.13. The summed E-state index contributed by atoms with van der Waals surface area (Å²) in [6, 6.07) is 1.88. The van der Waals surface area contributed by atoms with Crippen molar-refractivity contribution in [2.24, 2.45) is 0 Å². The number of morpholine rings is 1. The third-order valence-corrected chi connectivity index (χ3v) is 3.21. The summed E-state index contributed by atoms with van der Waals surface area (Å²) < 4.78 is 10.1. The lowest BCUT2D eigenvalue weighted by molar-refractivity contribution is -0.160. The van der Waals surface area contributed by atoms with Gasteiger partial charge in [-0.25, -0.2) is 4.79 Å². The highest BCUT2D eigenvalue weighted by molar-refractivity contribution is 6.31. The van der Waals surface area contributed by atoms with Crippen LogP contribution >= 0.6 is 11.6 Å². The SMILES string of the molecule is COC(=O)C1CN(Cc2ccncc2Cl)CCO1. The van der Waals surface area contributed by atoms with Gasteiger partial charge in [-0.05, 0) is 11.6 Å². The molecule has 0 radical (unpaired) electrons. The van der Waals surface area contributed by atoms with Gasteiger partial charge < -0.3 is 9.47 Å². The molecule has 1 atom stereocenters. The number of hydrogen-bond acceptors (Lipinski definition) is 5. The van der Waals surface area contributed by atoms with E-state index in [1.165, 1.54) is 7.11 Å². The molecule has 6 heteroatoms. The molecule has 0 bridgehead atoms. The zero-order valence-electron chi connectivity index (χ0n) is 10.1. The van der Waals surface area contributed by atoms with Crippen LogP contribution in [0.2, 0.25) is 5.02 Å². The minimum Gasteiger partial charge on any atom is -0.467 e. The van der Waals surface area contributed by atoms with E-state index < -0.39 is 6.10 Å². The Morgan fingerprint density at radius 2 is 2.56 bits per heavy atom. The van der Waals surface area contributed by atoms with Gasteiger partial charge in [0.05, 0.1) is 18.7 Å². The van der Waals surface area contributed by atoms with Crippen LogP contribution in [0.25, 0.3) is 0 Å². The minimum absolute atomic E-state index is 0.333. The second-order valence-corrected chi connectivity index (χ2v) is 4.49. The smallest absolute Gasteiger partial charge is 0.336 e. The van der Waals surface area contributed by atoms with E-state index in [0.717, 1.165) is 12.1 Å². The molecule has 0 aliphatic carbocycles. The largest absolute Gasteiger partial charge is 0.467 e. The zero-order valence-corrected chi connectivity index (χ0v) is 10.9. The van der Waals surface area contributed by atoms with E-state index in [1.54, 1.807) is 12.4 Å². The van der Waals surface area contributed by atoms with Crippen molar-refractivity contribution < 1.29 is 14.3 Å². The zero-order chi connectivity index (χ0) is 13.0. The lowest BCUT2D eigenvalue weighted by Crippen LogP contribution is -2.46. The summed E-state index contributed by atoms with van der Waals surface area (Å²) in [5.41, 5.74) is 0.997. The summed E-state index contributed by atoms with van der Waals surface area (Å²) in [5, 5.41) is 0.638. The maximum Gasteiger partial charge on any atom is 0.336 e. The Kier molecular flexibility index (Phi) is 4.52. The number of methoxy groups -OCH3 is 1. The first-order valence-corrected chi connectivity index (χ1v) is 6.08. The quantitative estimate of drug-likeness (QED) is 0.770. The van der Waals surface area contributed by atoms with Gasteiger partial charge >= 0.3 is 5.97 Å². The first-order valence-electron chi connectivity index (χ1n) is 5.71. The molecular weight excluding hydrogens is 256 g/mol. The predicted octanol–water partition coefficient (Wildman–Crippen LogP) is 1.11. The van der Waals surface area contributed by atoms with Gasteiger partial charge in [-0.15, -0.1) is 0 Å². The molecule has 2 rings (SSSR count). The summed E-state index contributed by atoms with van der Waals surface area (Å²) >= 11 is 6.06. The average molecular weight is 271 g/mol. The normalized spacial score (nSPS) is 20.7. The number of halogens is 1. The highest BCUT2D eigenvalue weighted by atomic mass is 35.5. The fraction of sp³-hybridized carbons (Fsp3) is 0.500. The van der Waals surface area contributed by atoms with Crippen LogP contribution in [-0.4, -0.2) is 48.8 Å². The molecule has 0 amide bonds. The molecule has 0 N–H and O–H groups in total. The number of carbonyl (C=O) groups is 1. The number of nitrogens with zero attached hydrogens (tertiary/aromatic N) is 2. The van der Waals surface area contributed by atoms with Gasteiger partial charge in [0.2, 0.25) is 0 Å². The average Bonchev–Trinajstić information content (AvgIpc) is 2.41. The number of hydrogen-bond donors (Lipinski definition) is 0. The third kappa shape index (κ3) is 3.19. The van der Waals surface area contributed by atoms with E-state index in [0.29, 0.717) is 24.7 Å². The number of carbonyl (C=O) groups excluding carboxylic acids is 1. The molecule has 1 aliphatic heterocycles. The number of ether oxygens (including phenoxy) is 2. The van der Waals surface area contributed by atoms with Gasteiger partial charge in [0.1, 0.15) is 0 Å². The van der Waals surface area contributed by atoms with Crippen LogP contribution < -0.4 is 0 Å². The fourth-order valence-corrected chi connectivity index (χ4v) is 2.07. The Labute approximate surface area is 111 Å². The van der Waals surface area contributed by atoms with Crippen molar-refractivity contribution in [2.45, 2.75) is 12.6 Å². The molecule has 1 aliphatic rings. The van der Waals surface area contributed by atoms with Crippen LogP contribution in [0.15, 0.2) is 18.5 Å². The molecule has 0 aromatic carbocycles. The van der Waals surface area contributed by atoms with E-state index in [9.17, 15) is 4.79 Å². The summed E-state index contributed by atoms with van der Waals surface area (Å²) in [4.78, 5) is 17.5. The molecule has 18 heavy (non-hydrogen) atoms. The molecule has 1 aromatic heterocycles. The van der Waals surface area contributed by atoms with Crippen LogP contribution in [0.1, 0.15) is 5.56 Å². The highest BCUT2D eigenvalue weighted by Crippen LogP contribution is 2.17. The third-order valence-electron chi connectivity index (χ3n) is 2.87. The molecule has 98 valence electrons. The van der Waals surface area contributed by atoms with Gasteiger partial charge in [0.25, 0.3) is 0 Å². The van der Waals surface area contributed by atoms with Crippen molar-refractivity contribution in [3.63, 3.8) is 0 Å². The lowest BCUT2D eigenvalue weighted by atomic mass is 10.2. The van der Waals surface area contributed by atoms with Crippen LogP contribution in [0.5, 0.6) is 0 Å². The Morgan fingerprint density at radius 3 is 3.28 bits per heavy atom. The minimum atomic E-state index is -0.510. The van der Waals surface area contributed by atoms with E-state index in [2.05, 4.69) is 14.6 Å². The van der Waals surface area contributed by atoms with Crippen molar-refractivity contribution >= 4 is 17.6 Å². The lowest BCUT2D eigenvalue weighted by Gasteiger charge is -2.31. The molecule has 2 heterocycles. The van der Waals surface area contributed by atoms with E-state index in [1.807, 2.05) is 6.07 Å². The fourth-order valence-electron chi connectivity index (χ4n) is 1.89. The van der Waals surface area contributed by atoms with Gasteiger partial charge in [-0.2, -0.15) is 0 Å². The topological polar surface area (TPSA) is 51.7 Å². The van der Waals surface area contributed by atoms with Gasteiger partial charge in [0, 0.05) is 32.0 Å². The molecule has 5 nitrogen and oxygen atoms in total. The van der Waals surface area contributed by atoms with E-state index in [-0.39, 0.29) is 5.97 Å². The summed E-state index contributed by atoms with van der Waals surface area (Å²) in [5.74, 6) is -0.333. The first kappa shape index (κ1) is 13.3. The summed E-state index contributed by atoms with van der Waals surface area (Å²) in [6.07, 6.45) is 2.82. The van der Waals surface area contributed by atoms with E-state index in [4.69, 9.17) is 16.3 Å². The molecule has 1 fully saturated rings. The number of rotatable bonds is 3. The molecule has 0 saturated carbocycles. The second-order valence-electron chi connectivity index (χ2n) is 4.08. The monoisotopic (exact) mass is 270 g/mol. The molecule has 1 aromatic rings. The molecule has 0 spiro atoms.